The SMILES string of the molecule is N#Cc1ccc2c3ccc(-c4cc5c6ccccc6c(-c6cccc(-c7ccccc7)n6)cc5c5ccccc45)cc3n(-c3ccccc3)c2c1.N#Cc1ccc2c3ccc(-c4cc5c6ccccc6c(-c6cccc(-c7ccncc7)n6)cc5c5ccccc45)cc3n(-c3ccccc3)c2c1. The maximum atomic E-state index is 9.77. The van der Waals surface area contributed by atoms with Gasteiger partial charge in [0.1, 0.15) is 0 Å². The monoisotopic (exact) mass is 1300 g/mol. The van der Waals surface area contributed by atoms with Gasteiger partial charge >= 0.3 is 0 Å². The molecule has 0 unspecified atom stereocenters. The van der Waals surface area contributed by atoms with Crippen molar-refractivity contribution in [1.82, 2.24) is 24.1 Å². The van der Waals surface area contributed by atoms with Gasteiger partial charge in [-0.1, -0.05) is 212 Å². The highest BCUT2D eigenvalue weighted by Gasteiger charge is 2.22. The molecule has 0 spiro atoms. The molecule has 0 aliphatic heterocycles. The summed E-state index contributed by atoms with van der Waals surface area (Å²) in [6.07, 6.45) is 3.62. The van der Waals surface area contributed by atoms with Crippen LogP contribution in [0.5, 0.6) is 0 Å². The molecule has 0 aliphatic carbocycles. The molecule has 0 atom stereocenters. The van der Waals surface area contributed by atoms with Crippen molar-refractivity contribution in [2.24, 2.45) is 0 Å². The standard InChI is InChI=1S/C48H29N3.C47H28N4/c49-30-31-22-24-39-40-25-23-33(27-48(40)51(47(39)26-31)34-14-5-2-6-15-34)41-28-42-37-18-9-10-19-38(37)44(29-43(42)36-17-8-7-16-35(36)41)46-21-11-20-45(50-46)32-12-3-1-4-13-32;48-29-30-17-19-38-39-20-18-32(26-47(39)51(46(38)25-30)33-9-2-1-3-10-33)40-27-41-36-13-6-7-14-37(36)43(28-42(41)35-12-5-4-11-34(35)40)45-16-8-15-44(50-45)31-21-23-49-24-22-31/h1-29H;1-28H. The second-order valence-corrected chi connectivity index (χ2v) is 26.0. The third-order valence-electron chi connectivity index (χ3n) is 20.3. The molecule has 20 rings (SSSR count). The highest BCUT2D eigenvalue weighted by atomic mass is 15.0. The number of para-hydroxylation sites is 2. The summed E-state index contributed by atoms with van der Waals surface area (Å²) in [5.74, 6) is 0. The first kappa shape index (κ1) is 59.2. The van der Waals surface area contributed by atoms with Crippen LogP contribution >= 0.6 is 0 Å². The fourth-order valence-corrected chi connectivity index (χ4v) is 15.6. The van der Waals surface area contributed by atoms with Crippen molar-refractivity contribution < 1.29 is 0 Å². The number of benzene rings is 15. The average Bonchev–Trinajstić information content (AvgIpc) is 0.922. The van der Waals surface area contributed by atoms with Gasteiger partial charge in [0.15, 0.2) is 0 Å². The molecule has 0 N–H and O–H groups in total. The Hall–Kier alpha value is -14.1. The minimum absolute atomic E-state index is 0.647. The van der Waals surface area contributed by atoms with Gasteiger partial charge in [0.2, 0.25) is 0 Å². The first-order valence-electron chi connectivity index (χ1n) is 34.2. The highest BCUT2D eigenvalue weighted by Crippen LogP contribution is 2.46. The predicted molar refractivity (Wildman–Crippen MR) is 422 cm³/mol. The number of pyridine rings is 3. The summed E-state index contributed by atoms with van der Waals surface area (Å²) in [6.45, 7) is 0. The van der Waals surface area contributed by atoms with E-state index in [2.05, 4.69) is 305 Å². The molecule has 0 bridgehead atoms. The van der Waals surface area contributed by atoms with Gasteiger partial charge in [-0.2, -0.15) is 10.5 Å². The van der Waals surface area contributed by atoms with Crippen LogP contribution in [0.25, 0.3) is 187 Å². The quantitative estimate of drug-likeness (QED) is 0.141. The first-order valence-corrected chi connectivity index (χ1v) is 34.2. The second-order valence-electron chi connectivity index (χ2n) is 26.0. The fraction of sp³-hybridized carbons (Fsp3) is 0. The summed E-state index contributed by atoms with van der Waals surface area (Å²) in [5.41, 5.74) is 20.5. The number of aromatic nitrogens is 5. The summed E-state index contributed by atoms with van der Waals surface area (Å²) in [7, 11) is 0. The molecule has 5 aromatic heterocycles. The molecule has 0 aliphatic rings. The molecule has 472 valence electrons. The van der Waals surface area contributed by atoms with Crippen LogP contribution in [-0.4, -0.2) is 24.1 Å². The first-order chi connectivity index (χ1) is 50.5. The average molecular weight is 1300 g/mol. The molecule has 7 nitrogen and oxygen atoms in total. The number of rotatable bonds is 8. The zero-order valence-electron chi connectivity index (χ0n) is 55.0. The Kier molecular flexibility index (Phi) is 14.2. The van der Waals surface area contributed by atoms with Crippen molar-refractivity contribution in [3.8, 4) is 90.8 Å². The Morgan fingerprint density at radius 2 is 0.529 bits per heavy atom. The molecule has 102 heavy (non-hydrogen) atoms. The van der Waals surface area contributed by atoms with Crippen LogP contribution < -0.4 is 0 Å². The van der Waals surface area contributed by atoms with Crippen LogP contribution in [-0.2, 0) is 0 Å². The Labute approximate surface area is 587 Å². The van der Waals surface area contributed by atoms with E-state index in [9.17, 15) is 10.5 Å². The third kappa shape index (κ3) is 9.91. The number of hydrogen-bond acceptors (Lipinski definition) is 5. The second kappa shape index (κ2) is 24.5. The Morgan fingerprint density at radius 1 is 0.216 bits per heavy atom. The number of nitriles is 2. The minimum Gasteiger partial charge on any atom is -0.309 e. The summed E-state index contributed by atoms with van der Waals surface area (Å²) in [4.78, 5) is 14.5. The number of nitrogens with zero attached hydrogens (tertiary/aromatic N) is 7. The van der Waals surface area contributed by atoms with Gasteiger partial charge in [0.25, 0.3) is 0 Å². The Bertz CT molecular complexity index is 6470. The highest BCUT2D eigenvalue weighted by molar-refractivity contribution is 6.26. The van der Waals surface area contributed by atoms with E-state index in [0.717, 1.165) is 111 Å². The van der Waals surface area contributed by atoms with E-state index in [4.69, 9.17) is 9.97 Å². The Balaban J connectivity index is 0.000000141. The van der Waals surface area contributed by atoms with Crippen molar-refractivity contribution in [3.05, 3.63) is 357 Å². The van der Waals surface area contributed by atoms with E-state index >= 15 is 0 Å². The van der Waals surface area contributed by atoms with Crippen molar-refractivity contribution in [2.45, 2.75) is 0 Å². The van der Waals surface area contributed by atoms with Gasteiger partial charge in [-0.25, -0.2) is 9.97 Å². The summed E-state index contributed by atoms with van der Waals surface area (Å²) < 4.78 is 4.57. The molecule has 15 aromatic carbocycles. The van der Waals surface area contributed by atoms with Gasteiger partial charge in [0, 0.05) is 67.6 Å². The third-order valence-corrected chi connectivity index (χ3v) is 20.3. The van der Waals surface area contributed by atoms with Crippen LogP contribution in [0, 0.1) is 22.7 Å². The van der Waals surface area contributed by atoms with Crippen molar-refractivity contribution >= 4 is 108 Å². The van der Waals surface area contributed by atoms with E-state index in [1.54, 1.807) is 0 Å². The van der Waals surface area contributed by atoms with Gasteiger partial charge in [-0.05, 0) is 208 Å². The lowest BCUT2D eigenvalue weighted by molar-refractivity contribution is 1.18. The number of hydrogen-bond donors (Lipinski definition) is 0. The van der Waals surface area contributed by atoms with Gasteiger partial charge < -0.3 is 9.13 Å². The van der Waals surface area contributed by atoms with Crippen LogP contribution in [0.1, 0.15) is 11.1 Å². The summed E-state index contributed by atoms with van der Waals surface area (Å²) in [5, 5.41) is 38.5. The topological polar surface area (TPSA) is 96.1 Å². The smallest absolute Gasteiger partial charge is 0.0992 e. The van der Waals surface area contributed by atoms with E-state index in [0.29, 0.717) is 11.1 Å². The number of fused-ring (bicyclic) bond motifs is 16. The fourth-order valence-electron chi connectivity index (χ4n) is 15.6. The van der Waals surface area contributed by atoms with Crippen molar-refractivity contribution in [2.75, 3.05) is 0 Å². The molecule has 20 aromatic rings. The molecule has 0 amide bonds. The predicted octanol–water partition coefficient (Wildman–Crippen LogP) is 24.4. The Morgan fingerprint density at radius 3 is 0.922 bits per heavy atom. The molecule has 5 heterocycles. The van der Waals surface area contributed by atoms with Gasteiger partial charge in [-0.3, -0.25) is 4.98 Å². The molecule has 0 fully saturated rings. The molecule has 0 saturated carbocycles. The maximum Gasteiger partial charge on any atom is 0.0992 e. The molecule has 0 radical (unpaired) electrons. The molecule has 0 saturated heterocycles. The van der Waals surface area contributed by atoms with Crippen LogP contribution in [0.3, 0.4) is 0 Å². The van der Waals surface area contributed by atoms with E-state index < -0.39 is 0 Å². The lowest BCUT2D eigenvalue weighted by Crippen LogP contribution is -1.94. The molecular formula is C95H57N7. The lowest BCUT2D eigenvalue weighted by Gasteiger charge is -2.16. The van der Waals surface area contributed by atoms with E-state index in [-0.39, 0.29) is 0 Å². The van der Waals surface area contributed by atoms with Crippen molar-refractivity contribution in [3.63, 3.8) is 0 Å². The van der Waals surface area contributed by atoms with Gasteiger partial charge in [0.05, 0.1) is 68.1 Å². The lowest BCUT2D eigenvalue weighted by atomic mass is 9.88. The summed E-state index contributed by atoms with van der Waals surface area (Å²) >= 11 is 0. The zero-order valence-corrected chi connectivity index (χ0v) is 55.0. The largest absolute Gasteiger partial charge is 0.309 e. The zero-order chi connectivity index (χ0) is 67.8. The van der Waals surface area contributed by atoms with Crippen LogP contribution in [0.15, 0.2) is 346 Å². The molecule has 7 heteroatoms. The summed E-state index contributed by atoms with van der Waals surface area (Å²) in [6, 6.07) is 122. The van der Waals surface area contributed by atoms with Crippen LogP contribution in [0.4, 0.5) is 0 Å². The minimum atomic E-state index is 0.647. The van der Waals surface area contributed by atoms with Gasteiger partial charge in [-0.15, -0.1) is 0 Å². The normalized spacial score (nSPS) is 11.5. The van der Waals surface area contributed by atoms with E-state index in [1.165, 1.54) is 75.8 Å². The van der Waals surface area contributed by atoms with Crippen LogP contribution in [0.2, 0.25) is 0 Å². The maximum absolute atomic E-state index is 9.77. The van der Waals surface area contributed by atoms with E-state index in [1.807, 2.05) is 67.0 Å². The molecular weight excluding hydrogens is 1240 g/mol. The van der Waals surface area contributed by atoms with Crippen molar-refractivity contribution in [1.29, 1.82) is 10.5 Å².